The zero-order valence-electron chi connectivity index (χ0n) is 15.3. The van der Waals surface area contributed by atoms with Crippen molar-refractivity contribution in [2.45, 2.75) is 32.4 Å². The summed E-state index contributed by atoms with van der Waals surface area (Å²) in [7, 11) is 2.18. The van der Waals surface area contributed by atoms with Crippen LogP contribution in [0.3, 0.4) is 0 Å². The normalized spacial score (nSPS) is 15.7. The average Bonchev–Trinajstić information content (AvgIpc) is 3.34. The zero-order valence-corrected chi connectivity index (χ0v) is 16.1. The number of hydrogen-bond donors (Lipinski definition) is 0. The molecule has 0 bridgehead atoms. The number of piperidine rings is 1. The molecular weight excluding hydrogens is 344 g/mol. The van der Waals surface area contributed by atoms with Gasteiger partial charge in [0.1, 0.15) is 0 Å². The Morgan fingerprint density at radius 2 is 2.00 bits per heavy atom. The van der Waals surface area contributed by atoms with Crippen molar-refractivity contribution in [2.24, 2.45) is 0 Å². The predicted octanol–water partition coefficient (Wildman–Crippen LogP) is 4.21. The SMILES string of the molecule is Cc1cc(CN(C)C2CCN(c3ccc(-c4cscn4)cc3)CC2)on1. The third-order valence-corrected chi connectivity index (χ3v) is 5.72. The maximum absolute atomic E-state index is 5.35. The highest BCUT2D eigenvalue weighted by molar-refractivity contribution is 7.07. The quantitative estimate of drug-likeness (QED) is 0.675. The minimum absolute atomic E-state index is 0.589. The first-order chi connectivity index (χ1) is 12.7. The maximum Gasteiger partial charge on any atom is 0.150 e. The van der Waals surface area contributed by atoms with E-state index in [1.807, 2.05) is 18.5 Å². The fourth-order valence-corrected chi connectivity index (χ4v) is 4.19. The topological polar surface area (TPSA) is 45.4 Å². The molecule has 5 nitrogen and oxygen atoms in total. The number of rotatable bonds is 5. The van der Waals surface area contributed by atoms with Crippen LogP contribution in [-0.4, -0.2) is 41.2 Å². The number of aryl methyl sites for hydroxylation is 1. The second kappa shape index (κ2) is 7.60. The molecule has 1 saturated heterocycles. The lowest BCUT2D eigenvalue weighted by molar-refractivity contribution is 0.180. The van der Waals surface area contributed by atoms with Crippen molar-refractivity contribution in [3.63, 3.8) is 0 Å². The average molecular weight is 369 g/mol. The zero-order chi connectivity index (χ0) is 17.9. The van der Waals surface area contributed by atoms with Gasteiger partial charge in [-0.1, -0.05) is 17.3 Å². The van der Waals surface area contributed by atoms with Crippen molar-refractivity contribution in [2.75, 3.05) is 25.0 Å². The van der Waals surface area contributed by atoms with E-state index < -0.39 is 0 Å². The van der Waals surface area contributed by atoms with Gasteiger partial charge in [-0.25, -0.2) is 4.98 Å². The molecule has 6 heteroatoms. The third kappa shape index (κ3) is 3.81. The van der Waals surface area contributed by atoms with Crippen molar-refractivity contribution in [3.05, 3.63) is 52.7 Å². The van der Waals surface area contributed by atoms with Gasteiger partial charge in [-0.2, -0.15) is 0 Å². The van der Waals surface area contributed by atoms with Crippen molar-refractivity contribution < 1.29 is 4.52 Å². The Kier molecular flexibility index (Phi) is 5.04. The van der Waals surface area contributed by atoms with Gasteiger partial charge in [0.25, 0.3) is 0 Å². The largest absolute Gasteiger partial charge is 0.371 e. The van der Waals surface area contributed by atoms with Gasteiger partial charge < -0.3 is 9.42 Å². The number of aromatic nitrogens is 2. The minimum Gasteiger partial charge on any atom is -0.371 e. The highest BCUT2D eigenvalue weighted by Crippen LogP contribution is 2.26. The van der Waals surface area contributed by atoms with E-state index in [-0.39, 0.29) is 0 Å². The van der Waals surface area contributed by atoms with Crippen LogP contribution in [0.15, 0.2) is 45.7 Å². The predicted molar refractivity (Wildman–Crippen MR) is 105 cm³/mol. The first kappa shape index (κ1) is 17.2. The summed E-state index contributed by atoms with van der Waals surface area (Å²) < 4.78 is 5.35. The lowest BCUT2D eigenvalue weighted by atomic mass is 10.0. The molecular formula is C20H24N4OS. The van der Waals surface area contributed by atoms with Crippen LogP contribution in [0.2, 0.25) is 0 Å². The van der Waals surface area contributed by atoms with Gasteiger partial charge in [0.05, 0.1) is 23.4 Å². The van der Waals surface area contributed by atoms with Gasteiger partial charge in [0.15, 0.2) is 5.76 Å². The van der Waals surface area contributed by atoms with Crippen molar-refractivity contribution >= 4 is 17.0 Å². The third-order valence-electron chi connectivity index (χ3n) is 5.13. The molecule has 2 aromatic heterocycles. The molecule has 3 aromatic rings. The Morgan fingerprint density at radius 1 is 1.23 bits per heavy atom. The number of anilines is 1. The molecule has 1 aliphatic heterocycles. The molecule has 3 heterocycles. The fraction of sp³-hybridized carbons (Fsp3) is 0.400. The van der Waals surface area contributed by atoms with E-state index in [2.05, 4.69) is 56.6 Å². The Hall–Kier alpha value is -2.18. The van der Waals surface area contributed by atoms with Gasteiger partial charge in [-0.3, -0.25) is 4.90 Å². The Balaban J connectivity index is 1.33. The molecule has 0 saturated carbocycles. The second-order valence-electron chi connectivity index (χ2n) is 6.99. The highest BCUT2D eigenvalue weighted by Gasteiger charge is 2.23. The molecule has 1 aromatic carbocycles. The van der Waals surface area contributed by atoms with E-state index >= 15 is 0 Å². The van der Waals surface area contributed by atoms with Crippen LogP contribution in [0.25, 0.3) is 11.3 Å². The summed E-state index contributed by atoms with van der Waals surface area (Å²) in [6, 6.07) is 11.4. The first-order valence-electron chi connectivity index (χ1n) is 9.05. The summed E-state index contributed by atoms with van der Waals surface area (Å²) >= 11 is 1.63. The van der Waals surface area contributed by atoms with Gasteiger partial charge in [-0.15, -0.1) is 11.3 Å². The molecule has 0 N–H and O–H groups in total. The Labute approximate surface area is 158 Å². The van der Waals surface area contributed by atoms with Gasteiger partial charge in [0, 0.05) is 41.8 Å². The summed E-state index contributed by atoms with van der Waals surface area (Å²) in [6.07, 6.45) is 2.33. The molecule has 0 amide bonds. The highest BCUT2D eigenvalue weighted by atomic mass is 32.1. The summed E-state index contributed by atoms with van der Waals surface area (Å²) in [4.78, 5) is 9.25. The molecule has 0 radical (unpaired) electrons. The van der Waals surface area contributed by atoms with Crippen LogP contribution in [0.5, 0.6) is 0 Å². The van der Waals surface area contributed by atoms with Gasteiger partial charge in [-0.05, 0) is 38.9 Å². The number of nitrogens with zero attached hydrogens (tertiary/aromatic N) is 4. The van der Waals surface area contributed by atoms with Crippen LogP contribution in [-0.2, 0) is 6.54 Å². The maximum atomic E-state index is 5.35. The Morgan fingerprint density at radius 3 is 2.62 bits per heavy atom. The minimum atomic E-state index is 0.589. The molecule has 26 heavy (non-hydrogen) atoms. The first-order valence-corrected chi connectivity index (χ1v) is 9.99. The standard InChI is InChI=1S/C20H24N4OS/c1-15-11-19(25-22-15)12-23(2)17-7-9-24(10-8-17)18-5-3-16(4-6-18)20-13-26-14-21-20/h3-6,11,13-14,17H,7-10,12H2,1-2H3. The molecule has 0 atom stereocenters. The number of benzene rings is 1. The van der Waals surface area contributed by atoms with Gasteiger partial charge >= 0.3 is 0 Å². The van der Waals surface area contributed by atoms with Gasteiger partial charge in [0.2, 0.25) is 0 Å². The van der Waals surface area contributed by atoms with E-state index in [4.69, 9.17) is 4.52 Å². The lowest BCUT2D eigenvalue weighted by Crippen LogP contribution is -2.43. The van der Waals surface area contributed by atoms with E-state index in [0.29, 0.717) is 6.04 Å². The number of thiazole rings is 1. The van der Waals surface area contributed by atoms with E-state index in [0.717, 1.165) is 49.6 Å². The molecule has 1 fully saturated rings. The van der Waals surface area contributed by atoms with Crippen LogP contribution < -0.4 is 4.90 Å². The molecule has 0 unspecified atom stereocenters. The van der Waals surface area contributed by atoms with Crippen LogP contribution >= 0.6 is 11.3 Å². The smallest absolute Gasteiger partial charge is 0.150 e. The van der Waals surface area contributed by atoms with Crippen molar-refractivity contribution in [1.29, 1.82) is 0 Å². The van der Waals surface area contributed by atoms with Crippen molar-refractivity contribution in [1.82, 2.24) is 15.0 Å². The van der Waals surface area contributed by atoms with Crippen LogP contribution in [0.4, 0.5) is 5.69 Å². The number of hydrogen-bond acceptors (Lipinski definition) is 6. The summed E-state index contributed by atoms with van der Waals surface area (Å²) in [5, 5.41) is 6.07. The van der Waals surface area contributed by atoms with E-state index in [1.165, 1.54) is 11.3 Å². The van der Waals surface area contributed by atoms with E-state index in [1.54, 1.807) is 11.3 Å². The molecule has 0 aliphatic carbocycles. The Bertz CT molecular complexity index is 820. The van der Waals surface area contributed by atoms with Crippen LogP contribution in [0, 0.1) is 6.92 Å². The lowest BCUT2D eigenvalue weighted by Gasteiger charge is -2.37. The summed E-state index contributed by atoms with van der Waals surface area (Å²) in [5.41, 5.74) is 6.38. The molecule has 4 rings (SSSR count). The molecule has 1 aliphatic rings. The fourth-order valence-electron chi connectivity index (χ4n) is 3.63. The molecule has 136 valence electrons. The second-order valence-corrected chi connectivity index (χ2v) is 7.71. The summed E-state index contributed by atoms with van der Waals surface area (Å²) in [6.45, 7) is 4.96. The van der Waals surface area contributed by atoms with Crippen LogP contribution in [0.1, 0.15) is 24.3 Å². The monoisotopic (exact) mass is 368 g/mol. The van der Waals surface area contributed by atoms with E-state index in [9.17, 15) is 0 Å². The van der Waals surface area contributed by atoms with Crippen molar-refractivity contribution in [3.8, 4) is 11.3 Å². The molecule has 0 spiro atoms. The summed E-state index contributed by atoms with van der Waals surface area (Å²) in [5.74, 6) is 0.949.